The minimum atomic E-state index is 0.521. The third-order valence-electron chi connectivity index (χ3n) is 2.75. The Kier molecular flexibility index (Phi) is 5.17. The molecule has 1 atom stereocenters. The number of nitrogens with two attached hydrogens (primary N) is 1. The fourth-order valence-electron chi connectivity index (χ4n) is 1.95. The summed E-state index contributed by atoms with van der Waals surface area (Å²) >= 11 is 0. The third-order valence-corrected chi connectivity index (χ3v) is 2.75. The lowest BCUT2D eigenvalue weighted by Crippen LogP contribution is -2.15. The number of benzene rings is 1. The molecular formula is C14H24N2. The summed E-state index contributed by atoms with van der Waals surface area (Å²) in [6, 6.07) is 6.66. The molecule has 1 aromatic carbocycles. The summed E-state index contributed by atoms with van der Waals surface area (Å²) < 4.78 is 0. The van der Waals surface area contributed by atoms with Crippen molar-refractivity contribution in [2.45, 2.75) is 52.5 Å². The monoisotopic (exact) mass is 220 g/mol. The molecule has 0 aliphatic rings. The van der Waals surface area contributed by atoms with Crippen LogP contribution in [-0.4, -0.2) is 6.04 Å². The van der Waals surface area contributed by atoms with E-state index in [2.05, 4.69) is 32.2 Å². The molecule has 0 saturated carbocycles. The molecule has 1 unspecified atom stereocenters. The van der Waals surface area contributed by atoms with Gasteiger partial charge in [0.25, 0.3) is 0 Å². The Morgan fingerprint density at radius 2 is 2.00 bits per heavy atom. The van der Waals surface area contributed by atoms with Crippen molar-refractivity contribution in [2.75, 3.05) is 11.1 Å². The van der Waals surface area contributed by atoms with Gasteiger partial charge in [-0.1, -0.05) is 26.2 Å². The van der Waals surface area contributed by atoms with E-state index in [1.807, 2.05) is 12.1 Å². The van der Waals surface area contributed by atoms with E-state index < -0.39 is 0 Å². The topological polar surface area (TPSA) is 38.0 Å². The van der Waals surface area contributed by atoms with E-state index in [0.717, 1.165) is 11.4 Å². The van der Waals surface area contributed by atoms with Crippen molar-refractivity contribution in [2.24, 2.45) is 0 Å². The van der Waals surface area contributed by atoms with E-state index in [1.54, 1.807) is 0 Å². The smallest absolute Gasteiger partial charge is 0.0365 e. The molecule has 1 aromatic rings. The summed E-state index contributed by atoms with van der Waals surface area (Å²) in [6.45, 7) is 6.54. The van der Waals surface area contributed by atoms with Gasteiger partial charge in [0.05, 0.1) is 0 Å². The largest absolute Gasteiger partial charge is 0.399 e. The van der Waals surface area contributed by atoms with Crippen molar-refractivity contribution >= 4 is 11.4 Å². The molecule has 0 heterocycles. The van der Waals surface area contributed by atoms with Crippen LogP contribution in [0.4, 0.5) is 11.4 Å². The van der Waals surface area contributed by atoms with Crippen LogP contribution in [-0.2, 0) is 0 Å². The van der Waals surface area contributed by atoms with Gasteiger partial charge in [0.15, 0.2) is 0 Å². The Morgan fingerprint density at radius 1 is 1.25 bits per heavy atom. The first-order chi connectivity index (χ1) is 7.61. The summed E-state index contributed by atoms with van der Waals surface area (Å²) in [5.41, 5.74) is 9.00. The minimum absolute atomic E-state index is 0.521. The fraction of sp³-hybridized carbons (Fsp3) is 0.571. The normalized spacial score (nSPS) is 12.4. The van der Waals surface area contributed by atoms with Crippen molar-refractivity contribution in [3.63, 3.8) is 0 Å². The minimum Gasteiger partial charge on any atom is -0.399 e. The highest BCUT2D eigenvalue weighted by molar-refractivity contribution is 5.57. The molecule has 3 N–H and O–H groups in total. The molecule has 0 aromatic heterocycles. The lowest BCUT2D eigenvalue weighted by Gasteiger charge is -2.16. The zero-order valence-corrected chi connectivity index (χ0v) is 10.7. The Hall–Kier alpha value is -1.18. The average molecular weight is 220 g/mol. The van der Waals surface area contributed by atoms with E-state index in [-0.39, 0.29) is 0 Å². The third kappa shape index (κ3) is 4.56. The van der Waals surface area contributed by atoms with Crippen molar-refractivity contribution in [1.29, 1.82) is 0 Å². The number of rotatable bonds is 6. The molecule has 16 heavy (non-hydrogen) atoms. The number of anilines is 2. The molecule has 1 rings (SSSR count). The number of hydrogen-bond donors (Lipinski definition) is 2. The van der Waals surface area contributed by atoms with Gasteiger partial charge >= 0.3 is 0 Å². The summed E-state index contributed by atoms with van der Waals surface area (Å²) in [5.74, 6) is 0. The van der Waals surface area contributed by atoms with Crippen LogP contribution in [0.2, 0.25) is 0 Å². The molecule has 0 fully saturated rings. The van der Waals surface area contributed by atoms with E-state index in [1.165, 1.54) is 31.2 Å². The van der Waals surface area contributed by atoms with Gasteiger partial charge in [-0.3, -0.25) is 0 Å². The summed E-state index contributed by atoms with van der Waals surface area (Å²) in [7, 11) is 0. The van der Waals surface area contributed by atoms with Gasteiger partial charge in [-0.15, -0.1) is 0 Å². The number of nitrogen functional groups attached to an aromatic ring is 1. The molecule has 0 spiro atoms. The number of unbranched alkanes of at least 4 members (excludes halogenated alkanes) is 2. The highest BCUT2D eigenvalue weighted by atomic mass is 14.9. The van der Waals surface area contributed by atoms with Crippen LogP contribution in [0.5, 0.6) is 0 Å². The second-order valence-corrected chi connectivity index (χ2v) is 4.67. The van der Waals surface area contributed by atoms with Crippen LogP contribution in [0, 0.1) is 6.92 Å². The quantitative estimate of drug-likeness (QED) is 0.562. The first-order valence-corrected chi connectivity index (χ1v) is 6.25. The number of aryl methyl sites for hydroxylation is 1. The molecular weight excluding hydrogens is 196 g/mol. The van der Waals surface area contributed by atoms with Crippen LogP contribution in [0.25, 0.3) is 0 Å². The average Bonchev–Trinajstić information content (AvgIpc) is 2.16. The van der Waals surface area contributed by atoms with Gasteiger partial charge in [0.2, 0.25) is 0 Å². The molecule has 2 nitrogen and oxygen atoms in total. The van der Waals surface area contributed by atoms with Gasteiger partial charge in [0.1, 0.15) is 0 Å². The maximum Gasteiger partial charge on any atom is 0.0365 e. The summed E-state index contributed by atoms with van der Waals surface area (Å²) in [6.07, 6.45) is 5.12. The molecule has 0 amide bonds. The Labute approximate surface area is 99.2 Å². The van der Waals surface area contributed by atoms with E-state index in [4.69, 9.17) is 5.73 Å². The molecule has 0 aliphatic carbocycles. The van der Waals surface area contributed by atoms with Gasteiger partial charge in [-0.25, -0.2) is 0 Å². The van der Waals surface area contributed by atoms with Crippen LogP contribution in [0.15, 0.2) is 18.2 Å². The second-order valence-electron chi connectivity index (χ2n) is 4.67. The molecule has 90 valence electrons. The van der Waals surface area contributed by atoms with E-state index >= 15 is 0 Å². The Morgan fingerprint density at radius 3 is 2.62 bits per heavy atom. The van der Waals surface area contributed by atoms with Crippen LogP contribution in [0.3, 0.4) is 0 Å². The summed E-state index contributed by atoms with van der Waals surface area (Å²) in [5, 5.41) is 3.50. The number of hydrogen-bond acceptors (Lipinski definition) is 2. The zero-order chi connectivity index (χ0) is 12.0. The zero-order valence-electron chi connectivity index (χ0n) is 10.7. The van der Waals surface area contributed by atoms with Gasteiger partial charge in [-0.2, -0.15) is 0 Å². The molecule has 0 saturated heterocycles. The molecule has 0 aliphatic heterocycles. The first kappa shape index (κ1) is 12.9. The maximum atomic E-state index is 5.82. The van der Waals surface area contributed by atoms with Gasteiger partial charge in [-0.05, 0) is 44.0 Å². The predicted molar refractivity (Wildman–Crippen MR) is 72.8 cm³/mol. The fourth-order valence-corrected chi connectivity index (χ4v) is 1.95. The lowest BCUT2D eigenvalue weighted by atomic mass is 10.1. The molecule has 0 radical (unpaired) electrons. The lowest BCUT2D eigenvalue weighted by molar-refractivity contribution is 0.615. The second kappa shape index (κ2) is 6.41. The van der Waals surface area contributed by atoms with Crippen molar-refractivity contribution < 1.29 is 0 Å². The van der Waals surface area contributed by atoms with Gasteiger partial charge < -0.3 is 11.1 Å². The van der Waals surface area contributed by atoms with Crippen LogP contribution < -0.4 is 11.1 Å². The van der Waals surface area contributed by atoms with Crippen molar-refractivity contribution in [1.82, 2.24) is 0 Å². The van der Waals surface area contributed by atoms with Gasteiger partial charge in [0, 0.05) is 17.4 Å². The highest BCUT2D eigenvalue weighted by Crippen LogP contribution is 2.18. The maximum absolute atomic E-state index is 5.82. The standard InChI is InChI=1S/C14H24N2/c1-4-5-6-7-12(3)16-14-9-11(2)8-13(15)10-14/h8-10,12,16H,4-7,15H2,1-3H3. The van der Waals surface area contributed by atoms with Crippen LogP contribution >= 0.6 is 0 Å². The molecule has 0 bridgehead atoms. The Bertz CT molecular complexity index is 300. The van der Waals surface area contributed by atoms with Crippen molar-refractivity contribution in [3.05, 3.63) is 23.8 Å². The SMILES string of the molecule is CCCCCC(C)Nc1cc(C)cc(N)c1. The number of nitrogens with one attached hydrogen (secondary N) is 1. The Balaban J connectivity index is 2.45. The molecule has 2 heteroatoms. The highest BCUT2D eigenvalue weighted by Gasteiger charge is 2.02. The van der Waals surface area contributed by atoms with Crippen LogP contribution in [0.1, 0.15) is 45.1 Å². The first-order valence-electron chi connectivity index (χ1n) is 6.25. The summed E-state index contributed by atoms with van der Waals surface area (Å²) in [4.78, 5) is 0. The van der Waals surface area contributed by atoms with E-state index in [0.29, 0.717) is 6.04 Å². The predicted octanol–water partition coefficient (Wildman–Crippen LogP) is 3.96. The van der Waals surface area contributed by atoms with E-state index in [9.17, 15) is 0 Å². The van der Waals surface area contributed by atoms with Crippen molar-refractivity contribution in [3.8, 4) is 0 Å².